The maximum atomic E-state index is 13.6. The summed E-state index contributed by atoms with van der Waals surface area (Å²) in [5.41, 5.74) is 3.20. The maximum Gasteiger partial charge on any atom is 0.251 e. The summed E-state index contributed by atoms with van der Waals surface area (Å²) in [5, 5.41) is 24.6. The molecular formula is C29H39FN6O4S. The Morgan fingerprint density at radius 3 is 2.68 bits per heavy atom. The van der Waals surface area contributed by atoms with Gasteiger partial charge in [0.1, 0.15) is 6.67 Å². The summed E-state index contributed by atoms with van der Waals surface area (Å²) < 4.78 is 41.0. The van der Waals surface area contributed by atoms with Gasteiger partial charge in [0.05, 0.1) is 36.3 Å². The van der Waals surface area contributed by atoms with Gasteiger partial charge >= 0.3 is 0 Å². The molecule has 0 spiro atoms. The molecule has 1 fully saturated rings. The number of rotatable bonds is 14. The van der Waals surface area contributed by atoms with Crippen molar-refractivity contribution in [2.45, 2.75) is 51.4 Å². The van der Waals surface area contributed by atoms with Crippen LogP contribution in [0.25, 0.3) is 0 Å². The summed E-state index contributed by atoms with van der Waals surface area (Å²) in [6, 6.07) is 14.0. The molecule has 0 unspecified atom stereocenters. The standard InChI is InChI=1S/C29H39FN6O4S/c1-2-32-25-15-24(16-26(17-25)36-11-6-7-13-41(36,39)40)29(38)34-27(14-22-8-4-3-5-9-22)28(37)20-31-18-23-19-33-35(21-23)12-10-30/h3-5,8-9,15-17,19,21,27-28,31-32,37H,2,6-7,10-14,18,20H2,1H3,(H,34,38)/t27-,28+/m0/s1. The van der Waals surface area contributed by atoms with Crippen molar-refractivity contribution in [2.24, 2.45) is 0 Å². The van der Waals surface area contributed by atoms with Crippen LogP contribution in [0.3, 0.4) is 0 Å². The fourth-order valence-electron chi connectivity index (χ4n) is 4.89. The number of hydrogen-bond acceptors (Lipinski definition) is 7. The van der Waals surface area contributed by atoms with Gasteiger partial charge in [-0.15, -0.1) is 0 Å². The predicted octanol–water partition coefficient (Wildman–Crippen LogP) is 2.71. The van der Waals surface area contributed by atoms with E-state index in [1.165, 1.54) is 8.99 Å². The Labute approximate surface area is 241 Å². The van der Waals surface area contributed by atoms with Gasteiger partial charge in [0, 0.05) is 49.2 Å². The lowest BCUT2D eigenvalue weighted by Crippen LogP contribution is -2.48. The third-order valence-electron chi connectivity index (χ3n) is 6.96. The second kappa shape index (κ2) is 14.4. The number of carbonyl (C=O) groups excluding carboxylic acids is 1. The molecule has 3 aromatic rings. The lowest BCUT2D eigenvalue weighted by molar-refractivity contribution is 0.0830. The van der Waals surface area contributed by atoms with E-state index >= 15 is 0 Å². The van der Waals surface area contributed by atoms with Crippen LogP contribution in [-0.2, 0) is 29.5 Å². The van der Waals surface area contributed by atoms with Crippen LogP contribution in [0.2, 0.25) is 0 Å². The number of aromatic nitrogens is 2. The van der Waals surface area contributed by atoms with E-state index in [1.54, 1.807) is 30.6 Å². The number of carbonyl (C=O) groups is 1. The summed E-state index contributed by atoms with van der Waals surface area (Å²) >= 11 is 0. The maximum absolute atomic E-state index is 13.6. The van der Waals surface area contributed by atoms with Crippen molar-refractivity contribution in [1.82, 2.24) is 20.4 Å². The van der Waals surface area contributed by atoms with Crippen LogP contribution < -0.4 is 20.3 Å². The summed E-state index contributed by atoms with van der Waals surface area (Å²) in [6.45, 7) is 3.20. The fourth-order valence-corrected chi connectivity index (χ4v) is 6.51. The number of aliphatic hydroxyl groups excluding tert-OH is 1. The first kappa shape index (κ1) is 30.5. The highest BCUT2D eigenvalue weighted by atomic mass is 32.2. The molecule has 0 saturated carbocycles. The smallest absolute Gasteiger partial charge is 0.251 e. The highest BCUT2D eigenvalue weighted by Gasteiger charge is 2.28. The lowest BCUT2D eigenvalue weighted by atomic mass is 10.00. The van der Waals surface area contributed by atoms with Crippen LogP contribution in [0.4, 0.5) is 15.8 Å². The van der Waals surface area contributed by atoms with Gasteiger partial charge in [-0.1, -0.05) is 30.3 Å². The topological polar surface area (TPSA) is 129 Å². The predicted molar refractivity (Wildman–Crippen MR) is 158 cm³/mol. The van der Waals surface area contributed by atoms with Crippen LogP contribution in [0.5, 0.6) is 0 Å². The van der Waals surface area contributed by atoms with Crippen molar-refractivity contribution >= 4 is 27.3 Å². The molecule has 1 aliphatic heterocycles. The average molecular weight is 587 g/mol. The van der Waals surface area contributed by atoms with Crippen molar-refractivity contribution in [3.8, 4) is 0 Å². The van der Waals surface area contributed by atoms with Crippen LogP contribution in [0.1, 0.15) is 41.3 Å². The number of benzene rings is 2. The molecule has 1 saturated heterocycles. The molecule has 2 aromatic carbocycles. The Balaban J connectivity index is 1.51. The number of nitrogens with zero attached hydrogens (tertiary/aromatic N) is 3. The number of sulfonamides is 1. The van der Waals surface area contributed by atoms with Gasteiger partial charge in [-0.05, 0) is 49.9 Å². The zero-order chi connectivity index (χ0) is 29.2. The first-order chi connectivity index (χ1) is 19.8. The quantitative estimate of drug-likeness (QED) is 0.229. The third-order valence-corrected chi connectivity index (χ3v) is 8.83. The van der Waals surface area contributed by atoms with E-state index in [4.69, 9.17) is 0 Å². The number of aryl methyl sites for hydroxylation is 1. The molecule has 12 heteroatoms. The summed E-state index contributed by atoms with van der Waals surface area (Å²) in [7, 11) is -3.46. The molecule has 0 radical (unpaired) electrons. The minimum absolute atomic E-state index is 0.0783. The van der Waals surface area contributed by atoms with Gasteiger partial charge < -0.3 is 21.1 Å². The summed E-state index contributed by atoms with van der Waals surface area (Å²) in [5.74, 6) is -0.331. The zero-order valence-electron chi connectivity index (χ0n) is 23.3. The number of alkyl halides is 1. The van der Waals surface area contributed by atoms with E-state index in [2.05, 4.69) is 21.0 Å². The zero-order valence-corrected chi connectivity index (χ0v) is 24.1. The Bertz CT molecular complexity index is 1380. The van der Waals surface area contributed by atoms with Gasteiger partial charge in [0.2, 0.25) is 10.0 Å². The first-order valence-corrected chi connectivity index (χ1v) is 15.6. The molecule has 1 aliphatic rings. The Morgan fingerprint density at radius 2 is 1.95 bits per heavy atom. The SMILES string of the molecule is CCNc1cc(C(=O)N[C@@H](Cc2ccccc2)[C@H](O)CNCc2cnn(CCF)c2)cc(N2CCCCS2(=O)=O)c1. The molecule has 4 rings (SSSR count). The van der Waals surface area contributed by atoms with E-state index in [9.17, 15) is 22.7 Å². The Hall–Kier alpha value is -3.48. The van der Waals surface area contributed by atoms with Crippen molar-refractivity contribution in [1.29, 1.82) is 0 Å². The molecule has 0 aliphatic carbocycles. The van der Waals surface area contributed by atoms with E-state index in [0.29, 0.717) is 49.4 Å². The minimum atomic E-state index is -3.46. The van der Waals surface area contributed by atoms with Gasteiger partial charge in [-0.25, -0.2) is 12.8 Å². The molecule has 10 nitrogen and oxygen atoms in total. The van der Waals surface area contributed by atoms with Crippen LogP contribution >= 0.6 is 0 Å². The number of anilines is 2. The van der Waals surface area contributed by atoms with Crippen molar-refractivity contribution in [3.63, 3.8) is 0 Å². The molecular weight excluding hydrogens is 547 g/mol. The van der Waals surface area contributed by atoms with E-state index in [0.717, 1.165) is 17.5 Å². The normalized spacial score (nSPS) is 16.2. The second-order valence-electron chi connectivity index (χ2n) is 10.2. The average Bonchev–Trinajstić information content (AvgIpc) is 3.40. The van der Waals surface area contributed by atoms with Crippen molar-refractivity contribution < 1.29 is 22.7 Å². The van der Waals surface area contributed by atoms with Crippen LogP contribution in [-0.4, -0.2) is 73.4 Å². The highest BCUT2D eigenvalue weighted by molar-refractivity contribution is 7.92. The molecule has 0 bridgehead atoms. The minimum Gasteiger partial charge on any atom is -0.390 e. The highest BCUT2D eigenvalue weighted by Crippen LogP contribution is 2.28. The molecule has 1 aromatic heterocycles. The van der Waals surface area contributed by atoms with Gasteiger partial charge in [-0.3, -0.25) is 13.8 Å². The molecule has 2 atom stereocenters. The number of aliphatic hydroxyl groups is 1. The molecule has 4 N–H and O–H groups in total. The monoisotopic (exact) mass is 586 g/mol. The van der Waals surface area contributed by atoms with Crippen molar-refractivity contribution in [2.75, 3.05) is 41.7 Å². The molecule has 1 amide bonds. The lowest BCUT2D eigenvalue weighted by Gasteiger charge is -2.29. The summed E-state index contributed by atoms with van der Waals surface area (Å²) in [4.78, 5) is 13.6. The molecule has 222 valence electrons. The molecule has 2 heterocycles. The number of halogens is 1. The van der Waals surface area contributed by atoms with E-state index in [1.807, 2.05) is 37.3 Å². The third kappa shape index (κ3) is 8.51. The number of amides is 1. The van der Waals surface area contributed by atoms with Crippen LogP contribution in [0.15, 0.2) is 60.9 Å². The Kier molecular flexibility index (Phi) is 10.7. The van der Waals surface area contributed by atoms with Crippen molar-refractivity contribution in [3.05, 3.63) is 77.6 Å². The largest absolute Gasteiger partial charge is 0.390 e. The van der Waals surface area contributed by atoms with Gasteiger partial charge in [-0.2, -0.15) is 5.10 Å². The number of hydrogen-bond donors (Lipinski definition) is 4. The Morgan fingerprint density at radius 1 is 1.15 bits per heavy atom. The van der Waals surface area contributed by atoms with Crippen LogP contribution in [0, 0.1) is 0 Å². The van der Waals surface area contributed by atoms with Gasteiger partial charge in [0.15, 0.2) is 0 Å². The number of nitrogens with one attached hydrogen (secondary N) is 3. The summed E-state index contributed by atoms with van der Waals surface area (Å²) in [6.07, 6.45) is 4.23. The van der Waals surface area contributed by atoms with Gasteiger partial charge in [0.25, 0.3) is 5.91 Å². The first-order valence-electron chi connectivity index (χ1n) is 14.0. The molecule has 41 heavy (non-hydrogen) atoms. The second-order valence-corrected chi connectivity index (χ2v) is 12.2. The van der Waals surface area contributed by atoms with E-state index in [-0.39, 0.29) is 18.8 Å². The van der Waals surface area contributed by atoms with E-state index < -0.39 is 34.8 Å². The fraction of sp³-hybridized carbons (Fsp3) is 0.448.